The smallest absolute Gasteiger partial charge is 0.254 e. The third-order valence-electron chi connectivity index (χ3n) is 3.48. The molecule has 2 aromatic carbocycles. The number of carbonyl (C=O) groups excluding carboxylic acids is 1. The summed E-state index contributed by atoms with van der Waals surface area (Å²) >= 11 is 0. The second kappa shape index (κ2) is 6.26. The molecule has 0 saturated carbocycles. The lowest BCUT2D eigenvalue weighted by Gasteiger charge is -2.18. The van der Waals surface area contributed by atoms with Gasteiger partial charge in [-0.15, -0.1) is 0 Å². The van der Waals surface area contributed by atoms with E-state index in [-0.39, 0.29) is 5.91 Å². The van der Waals surface area contributed by atoms with Crippen LogP contribution in [0, 0.1) is 0 Å². The monoisotopic (exact) mass is 292 g/mol. The van der Waals surface area contributed by atoms with Crippen LogP contribution in [0.25, 0.3) is 11.1 Å². The number of rotatable bonds is 4. The van der Waals surface area contributed by atoms with Gasteiger partial charge in [0.1, 0.15) is 12.0 Å². The first-order valence-corrected chi connectivity index (χ1v) is 7.05. The van der Waals surface area contributed by atoms with Gasteiger partial charge >= 0.3 is 0 Å². The third kappa shape index (κ3) is 2.91. The summed E-state index contributed by atoms with van der Waals surface area (Å²) in [7, 11) is 1.76. The van der Waals surface area contributed by atoms with Gasteiger partial charge in [0.25, 0.3) is 5.91 Å². The van der Waals surface area contributed by atoms with Crippen LogP contribution < -0.4 is 0 Å². The molecule has 110 valence electrons. The van der Waals surface area contributed by atoms with Gasteiger partial charge in [-0.3, -0.25) is 4.79 Å². The summed E-state index contributed by atoms with van der Waals surface area (Å²) in [5, 5.41) is 3.84. The number of benzene rings is 2. The Kier molecular flexibility index (Phi) is 4.01. The van der Waals surface area contributed by atoms with Gasteiger partial charge in [-0.05, 0) is 17.2 Å². The maximum Gasteiger partial charge on any atom is 0.254 e. The van der Waals surface area contributed by atoms with Crippen LogP contribution >= 0.6 is 0 Å². The van der Waals surface area contributed by atoms with E-state index in [1.807, 2.05) is 54.6 Å². The van der Waals surface area contributed by atoms with Gasteiger partial charge in [-0.25, -0.2) is 0 Å². The summed E-state index contributed by atoms with van der Waals surface area (Å²) in [6, 6.07) is 19.3. The Balaban J connectivity index is 1.90. The molecule has 1 aromatic heterocycles. The summed E-state index contributed by atoms with van der Waals surface area (Å²) in [6.07, 6.45) is 1.51. The second-order valence-electron chi connectivity index (χ2n) is 5.06. The van der Waals surface area contributed by atoms with Gasteiger partial charge in [-0.1, -0.05) is 53.7 Å². The highest BCUT2D eigenvalue weighted by atomic mass is 16.5. The van der Waals surface area contributed by atoms with E-state index in [9.17, 15) is 4.79 Å². The maximum atomic E-state index is 12.7. The van der Waals surface area contributed by atoms with Gasteiger partial charge in [0.05, 0.1) is 6.54 Å². The molecule has 0 atom stereocenters. The molecular formula is C18H16N2O2. The molecule has 0 aliphatic rings. The van der Waals surface area contributed by atoms with Crippen molar-refractivity contribution in [2.45, 2.75) is 6.54 Å². The largest absolute Gasteiger partial charge is 0.364 e. The fourth-order valence-electron chi connectivity index (χ4n) is 2.38. The van der Waals surface area contributed by atoms with Crippen LogP contribution in [0.3, 0.4) is 0 Å². The topological polar surface area (TPSA) is 46.3 Å². The number of aromatic nitrogens is 1. The van der Waals surface area contributed by atoms with Gasteiger partial charge in [0.15, 0.2) is 0 Å². The van der Waals surface area contributed by atoms with Crippen molar-refractivity contribution in [2.24, 2.45) is 0 Å². The maximum absolute atomic E-state index is 12.7. The number of hydrogen-bond donors (Lipinski definition) is 0. The normalized spacial score (nSPS) is 10.4. The van der Waals surface area contributed by atoms with Crippen molar-refractivity contribution >= 4 is 5.91 Å². The molecule has 0 N–H and O–H groups in total. The lowest BCUT2D eigenvalue weighted by atomic mass is 9.99. The van der Waals surface area contributed by atoms with Crippen LogP contribution in [0.2, 0.25) is 0 Å². The molecule has 0 radical (unpaired) electrons. The van der Waals surface area contributed by atoms with E-state index >= 15 is 0 Å². The van der Waals surface area contributed by atoms with E-state index in [1.54, 1.807) is 18.0 Å². The average molecular weight is 292 g/mol. The minimum atomic E-state index is -0.0394. The average Bonchev–Trinajstić information content (AvgIpc) is 3.08. The lowest BCUT2D eigenvalue weighted by Crippen LogP contribution is -2.26. The Morgan fingerprint density at radius 1 is 1.05 bits per heavy atom. The van der Waals surface area contributed by atoms with Crippen molar-refractivity contribution in [3.05, 3.63) is 78.2 Å². The van der Waals surface area contributed by atoms with E-state index in [0.717, 1.165) is 16.8 Å². The quantitative estimate of drug-likeness (QED) is 0.738. The Bertz CT molecular complexity index is 752. The van der Waals surface area contributed by atoms with E-state index < -0.39 is 0 Å². The van der Waals surface area contributed by atoms with Crippen molar-refractivity contribution in [1.29, 1.82) is 0 Å². The molecule has 1 amide bonds. The van der Waals surface area contributed by atoms with Crippen LogP contribution in [0.15, 0.2) is 71.4 Å². The zero-order chi connectivity index (χ0) is 15.4. The van der Waals surface area contributed by atoms with Crippen molar-refractivity contribution in [1.82, 2.24) is 10.1 Å². The zero-order valence-corrected chi connectivity index (χ0v) is 12.3. The number of carbonyl (C=O) groups is 1. The third-order valence-corrected chi connectivity index (χ3v) is 3.48. The molecule has 0 bridgehead atoms. The first-order chi connectivity index (χ1) is 10.8. The van der Waals surface area contributed by atoms with Crippen LogP contribution in [0.4, 0.5) is 0 Å². The molecule has 22 heavy (non-hydrogen) atoms. The molecule has 3 aromatic rings. The van der Waals surface area contributed by atoms with E-state index in [2.05, 4.69) is 5.16 Å². The Morgan fingerprint density at radius 2 is 1.77 bits per heavy atom. The van der Waals surface area contributed by atoms with Gasteiger partial charge in [0, 0.05) is 18.7 Å². The fraction of sp³-hybridized carbons (Fsp3) is 0.111. The van der Waals surface area contributed by atoms with Crippen molar-refractivity contribution in [3.8, 4) is 11.1 Å². The summed E-state index contributed by atoms with van der Waals surface area (Å²) in [5.74, 6) is -0.0394. The number of nitrogens with zero attached hydrogens (tertiary/aromatic N) is 2. The van der Waals surface area contributed by atoms with Crippen LogP contribution in [0.1, 0.15) is 16.1 Å². The number of amides is 1. The van der Waals surface area contributed by atoms with Crippen LogP contribution in [0.5, 0.6) is 0 Å². The Labute approximate surface area is 129 Å². The van der Waals surface area contributed by atoms with E-state index in [4.69, 9.17) is 4.52 Å². The molecule has 0 aliphatic carbocycles. The highest BCUT2D eigenvalue weighted by molar-refractivity contribution is 6.00. The molecule has 0 aliphatic heterocycles. The van der Waals surface area contributed by atoms with Crippen LogP contribution in [-0.4, -0.2) is 23.0 Å². The van der Waals surface area contributed by atoms with E-state index in [1.165, 1.54) is 6.26 Å². The SMILES string of the molecule is CN(Cc1ccon1)C(=O)c1ccccc1-c1ccccc1. The lowest BCUT2D eigenvalue weighted by molar-refractivity contribution is 0.0783. The van der Waals surface area contributed by atoms with Crippen molar-refractivity contribution < 1.29 is 9.32 Å². The highest BCUT2D eigenvalue weighted by Crippen LogP contribution is 2.24. The van der Waals surface area contributed by atoms with Crippen molar-refractivity contribution in [3.63, 3.8) is 0 Å². The molecule has 1 heterocycles. The minimum Gasteiger partial charge on any atom is -0.364 e. The van der Waals surface area contributed by atoms with Gasteiger partial charge in [0.2, 0.25) is 0 Å². The minimum absolute atomic E-state index is 0.0394. The van der Waals surface area contributed by atoms with Crippen LogP contribution in [-0.2, 0) is 6.54 Å². The van der Waals surface area contributed by atoms with Gasteiger partial charge in [-0.2, -0.15) is 0 Å². The first kappa shape index (κ1) is 14.1. The first-order valence-electron chi connectivity index (χ1n) is 7.05. The molecule has 0 unspecified atom stereocenters. The predicted molar refractivity (Wildman–Crippen MR) is 84.2 cm³/mol. The second-order valence-corrected chi connectivity index (χ2v) is 5.06. The van der Waals surface area contributed by atoms with Crippen molar-refractivity contribution in [2.75, 3.05) is 7.05 Å². The molecule has 4 nitrogen and oxygen atoms in total. The van der Waals surface area contributed by atoms with Gasteiger partial charge < -0.3 is 9.42 Å². The molecular weight excluding hydrogens is 276 g/mol. The predicted octanol–water partition coefficient (Wildman–Crippen LogP) is 3.61. The zero-order valence-electron chi connectivity index (χ0n) is 12.3. The summed E-state index contributed by atoms with van der Waals surface area (Å²) in [6.45, 7) is 0.415. The molecule has 3 rings (SSSR count). The fourth-order valence-corrected chi connectivity index (χ4v) is 2.38. The standard InChI is InChI=1S/C18H16N2O2/c1-20(13-15-11-12-22-19-15)18(21)17-10-6-5-9-16(17)14-7-3-2-4-8-14/h2-12H,13H2,1H3. The summed E-state index contributed by atoms with van der Waals surface area (Å²) in [4.78, 5) is 14.4. The molecule has 0 spiro atoms. The number of hydrogen-bond acceptors (Lipinski definition) is 3. The van der Waals surface area contributed by atoms with E-state index in [0.29, 0.717) is 12.1 Å². The summed E-state index contributed by atoms with van der Waals surface area (Å²) < 4.78 is 4.81. The molecule has 4 heteroatoms. The molecule has 0 saturated heterocycles. The Morgan fingerprint density at radius 3 is 2.50 bits per heavy atom. The molecule has 0 fully saturated rings. The highest BCUT2D eigenvalue weighted by Gasteiger charge is 2.17. The summed E-state index contributed by atoms with van der Waals surface area (Å²) in [5.41, 5.74) is 3.37. The Hall–Kier alpha value is -2.88.